The number of hydrogen-bond acceptors (Lipinski definition) is 1. The maximum atomic E-state index is 14.9. The van der Waals surface area contributed by atoms with Gasteiger partial charge in [0.2, 0.25) is 0 Å². The summed E-state index contributed by atoms with van der Waals surface area (Å²) in [5, 5.41) is 0.594. The Labute approximate surface area is 174 Å². The highest BCUT2D eigenvalue weighted by atomic mass is 32.1. The van der Waals surface area contributed by atoms with E-state index < -0.39 is 23.3 Å². The van der Waals surface area contributed by atoms with Crippen LogP contribution in [0.3, 0.4) is 0 Å². The first-order valence-electron chi connectivity index (χ1n) is 9.53. The van der Waals surface area contributed by atoms with Gasteiger partial charge in [-0.3, -0.25) is 0 Å². The summed E-state index contributed by atoms with van der Waals surface area (Å²) in [6.07, 6.45) is 0.798. The van der Waals surface area contributed by atoms with Crippen LogP contribution in [0.5, 0.6) is 0 Å². The zero-order chi connectivity index (χ0) is 21.6. The van der Waals surface area contributed by atoms with Crippen LogP contribution in [0.25, 0.3) is 31.7 Å². The Morgan fingerprint density at radius 2 is 1.10 bits per heavy atom. The van der Waals surface area contributed by atoms with Crippen molar-refractivity contribution in [1.82, 2.24) is 0 Å². The fourth-order valence-corrected chi connectivity index (χ4v) is 4.67. The SMILES string of the molecule is CCc1ccc(-c2ccc(-c3cc4ccc(CC)c(F)c4s3)c(F)c2F)c(F)c1F. The third-order valence-corrected chi connectivity index (χ3v) is 6.44. The quantitative estimate of drug-likeness (QED) is 0.286. The minimum atomic E-state index is -1.28. The van der Waals surface area contributed by atoms with Crippen molar-refractivity contribution in [3.63, 3.8) is 0 Å². The molecule has 1 heterocycles. The second-order valence-corrected chi connectivity index (χ2v) is 8.02. The maximum Gasteiger partial charge on any atom is 0.168 e. The molecule has 0 radical (unpaired) electrons. The second-order valence-electron chi connectivity index (χ2n) is 6.96. The summed E-state index contributed by atoms with van der Waals surface area (Å²) in [5.74, 6) is -5.10. The Morgan fingerprint density at radius 3 is 1.77 bits per heavy atom. The molecule has 3 aromatic carbocycles. The summed E-state index contributed by atoms with van der Waals surface area (Å²) in [6, 6.07) is 10.1. The van der Waals surface area contributed by atoms with Gasteiger partial charge in [-0.15, -0.1) is 11.3 Å². The number of thiophene rings is 1. The molecule has 0 saturated carbocycles. The average Bonchev–Trinajstić information content (AvgIpc) is 3.17. The Balaban J connectivity index is 1.84. The summed E-state index contributed by atoms with van der Waals surface area (Å²) < 4.78 is 73.2. The van der Waals surface area contributed by atoms with Gasteiger partial charge in [-0.2, -0.15) is 0 Å². The molecule has 0 spiro atoms. The van der Waals surface area contributed by atoms with Gasteiger partial charge in [0.1, 0.15) is 5.82 Å². The molecule has 0 aliphatic rings. The van der Waals surface area contributed by atoms with Crippen LogP contribution < -0.4 is 0 Å². The molecule has 4 aromatic rings. The number of hydrogen-bond donors (Lipinski definition) is 0. The van der Waals surface area contributed by atoms with E-state index in [1.54, 1.807) is 25.1 Å². The Bertz CT molecular complexity index is 1270. The van der Waals surface area contributed by atoms with Gasteiger partial charge in [-0.1, -0.05) is 44.2 Å². The number of halogens is 5. The van der Waals surface area contributed by atoms with Gasteiger partial charge in [-0.05, 0) is 41.5 Å². The lowest BCUT2D eigenvalue weighted by Gasteiger charge is -2.10. The van der Waals surface area contributed by atoms with Crippen molar-refractivity contribution in [1.29, 1.82) is 0 Å². The minimum absolute atomic E-state index is 0.0547. The molecule has 0 unspecified atom stereocenters. The molecule has 0 nitrogen and oxygen atoms in total. The monoisotopic (exact) mass is 432 g/mol. The molecule has 6 heteroatoms. The van der Waals surface area contributed by atoms with E-state index in [1.165, 1.54) is 24.3 Å². The van der Waals surface area contributed by atoms with Gasteiger partial charge >= 0.3 is 0 Å². The Morgan fingerprint density at radius 1 is 0.600 bits per heavy atom. The fourth-order valence-electron chi connectivity index (χ4n) is 3.53. The first-order valence-corrected chi connectivity index (χ1v) is 10.4. The molecule has 0 aliphatic carbocycles. The van der Waals surface area contributed by atoms with E-state index in [2.05, 4.69) is 0 Å². The lowest BCUT2D eigenvalue weighted by atomic mass is 9.99. The topological polar surface area (TPSA) is 0 Å². The Kier molecular flexibility index (Phi) is 5.36. The molecular formula is C24H17F5S. The number of benzene rings is 3. The summed E-state index contributed by atoms with van der Waals surface area (Å²) in [5.41, 5.74) is -0.0575. The molecular weight excluding hydrogens is 415 g/mol. The number of aryl methyl sites for hydroxylation is 2. The lowest BCUT2D eigenvalue weighted by Crippen LogP contribution is -1.99. The predicted molar refractivity (Wildman–Crippen MR) is 111 cm³/mol. The van der Waals surface area contributed by atoms with E-state index in [1.807, 2.05) is 6.92 Å². The molecule has 4 rings (SSSR count). The molecule has 0 saturated heterocycles. The van der Waals surface area contributed by atoms with Crippen LogP contribution in [-0.4, -0.2) is 0 Å². The summed E-state index contributed by atoms with van der Waals surface area (Å²) in [4.78, 5) is 0.355. The van der Waals surface area contributed by atoms with E-state index in [-0.39, 0.29) is 34.5 Å². The van der Waals surface area contributed by atoms with Gasteiger partial charge in [0.25, 0.3) is 0 Å². The standard InChI is InChI=1S/C24H17F5S/c1-3-12-7-8-15(21(27)19(12)25)16-9-10-17(23(29)22(16)28)18-11-14-6-5-13(4-2)20(26)24(14)30-18/h5-11H,3-4H2,1-2H3. The van der Waals surface area contributed by atoms with Gasteiger partial charge in [-0.25, -0.2) is 22.0 Å². The molecule has 0 amide bonds. The number of rotatable bonds is 4. The molecule has 0 N–H and O–H groups in total. The highest BCUT2D eigenvalue weighted by Crippen LogP contribution is 2.39. The van der Waals surface area contributed by atoms with Crippen molar-refractivity contribution in [2.24, 2.45) is 0 Å². The van der Waals surface area contributed by atoms with Crippen molar-refractivity contribution in [2.45, 2.75) is 26.7 Å². The van der Waals surface area contributed by atoms with E-state index in [0.29, 0.717) is 26.9 Å². The van der Waals surface area contributed by atoms with Crippen molar-refractivity contribution >= 4 is 21.4 Å². The van der Waals surface area contributed by atoms with E-state index >= 15 is 0 Å². The van der Waals surface area contributed by atoms with Gasteiger partial charge < -0.3 is 0 Å². The third kappa shape index (κ3) is 3.19. The van der Waals surface area contributed by atoms with Gasteiger partial charge in [0.15, 0.2) is 23.3 Å². The van der Waals surface area contributed by atoms with E-state index in [9.17, 15) is 22.0 Å². The molecule has 30 heavy (non-hydrogen) atoms. The highest BCUT2D eigenvalue weighted by molar-refractivity contribution is 7.22. The number of fused-ring (bicyclic) bond motifs is 1. The molecule has 154 valence electrons. The van der Waals surface area contributed by atoms with Crippen molar-refractivity contribution in [2.75, 3.05) is 0 Å². The summed E-state index contributed by atoms with van der Waals surface area (Å²) in [6.45, 7) is 3.51. The molecule has 0 fully saturated rings. The highest BCUT2D eigenvalue weighted by Gasteiger charge is 2.22. The Hall–Kier alpha value is -2.73. The predicted octanol–water partition coefficient (Wildman–Crippen LogP) is 8.06. The molecule has 1 aromatic heterocycles. The van der Waals surface area contributed by atoms with Crippen LogP contribution in [0.4, 0.5) is 22.0 Å². The third-order valence-electron chi connectivity index (χ3n) is 5.27. The van der Waals surface area contributed by atoms with Gasteiger partial charge in [0, 0.05) is 21.6 Å². The van der Waals surface area contributed by atoms with Crippen LogP contribution in [-0.2, 0) is 12.8 Å². The second kappa shape index (κ2) is 7.84. The maximum absolute atomic E-state index is 14.9. The van der Waals surface area contributed by atoms with Crippen molar-refractivity contribution in [3.05, 3.63) is 82.7 Å². The fraction of sp³-hybridized carbons (Fsp3) is 0.167. The summed E-state index contributed by atoms with van der Waals surface area (Å²) >= 11 is 1.03. The van der Waals surface area contributed by atoms with Crippen LogP contribution in [0.1, 0.15) is 25.0 Å². The van der Waals surface area contributed by atoms with E-state index in [0.717, 1.165) is 11.3 Å². The van der Waals surface area contributed by atoms with Gasteiger partial charge in [0.05, 0.1) is 4.70 Å². The van der Waals surface area contributed by atoms with Crippen LogP contribution in [0.2, 0.25) is 0 Å². The normalized spacial score (nSPS) is 11.4. The zero-order valence-electron chi connectivity index (χ0n) is 16.3. The van der Waals surface area contributed by atoms with Crippen molar-refractivity contribution < 1.29 is 22.0 Å². The average molecular weight is 432 g/mol. The first kappa shape index (κ1) is 20.5. The molecule has 0 aliphatic heterocycles. The molecule has 0 atom stereocenters. The van der Waals surface area contributed by atoms with Crippen molar-refractivity contribution in [3.8, 4) is 21.6 Å². The lowest BCUT2D eigenvalue weighted by molar-refractivity contribution is 0.497. The minimum Gasteiger partial charge on any atom is -0.205 e. The first-order chi connectivity index (χ1) is 14.4. The largest absolute Gasteiger partial charge is 0.205 e. The van der Waals surface area contributed by atoms with Crippen LogP contribution in [0, 0.1) is 29.1 Å². The summed E-state index contributed by atoms with van der Waals surface area (Å²) in [7, 11) is 0. The zero-order valence-corrected chi connectivity index (χ0v) is 17.1. The smallest absolute Gasteiger partial charge is 0.168 e. The van der Waals surface area contributed by atoms with Crippen LogP contribution >= 0.6 is 11.3 Å². The van der Waals surface area contributed by atoms with Crippen LogP contribution in [0.15, 0.2) is 42.5 Å². The molecule has 0 bridgehead atoms. The van der Waals surface area contributed by atoms with E-state index in [4.69, 9.17) is 0 Å².